The normalized spacial score (nSPS) is 23.4. The first-order chi connectivity index (χ1) is 7.99. The van der Waals surface area contributed by atoms with Crippen molar-refractivity contribution < 1.29 is 22.7 Å². The molecular weight excluding hydrogens is 246 g/mol. The molecule has 94 valence electrons. The molecule has 0 radical (unpaired) electrons. The maximum atomic E-state index is 11.7. The molecule has 1 aromatic rings. The van der Waals surface area contributed by atoms with Crippen LogP contribution in [0.25, 0.3) is 0 Å². The van der Waals surface area contributed by atoms with Crippen molar-refractivity contribution in [1.29, 1.82) is 0 Å². The van der Waals surface area contributed by atoms with E-state index in [1.165, 1.54) is 0 Å². The van der Waals surface area contributed by atoms with E-state index in [9.17, 15) is 13.2 Å². The molecule has 1 aliphatic rings. The molecule has 0 aromatic carbocycles. The van der Waals surface area contributed by atoms with Gasteiger partial charge in [-0.05, 0) is 12.8 Å². The average molecular weight is 259 g/mol. The smallest absolute Gasteiger partial charge is 0.357 e. The highest BCUT2D eigenvalue weighted by Crippen LogP contribution is 2.22. The average Bonchev–Trinajstić information content (AvgIpc) is 2.70. The molecule has 1 fully saturated rings. The third kappa shape index (κ3) is 2.66. The Labute approximate surface area is 98.6 Å². The van der Waals surface area contributed by atoms with Crippen LogP contribution in [0.15, 0.2) is 10.7 Å². The summed E-state index contributed by atoms with van der Waals surface area (Å²) in [5.74, 6) is -0.797. The second-order valence-electron chi connectivity index (χ2n) is 4.12. The van der Waals surface area contributed by atoms with Crippen LogP contribution >= 0.6 is 0 Å². The maximum absolute atomic E-state index is 11.7. The van der Waals surface area contributed by atoms with Crippen LogP contribution in [0, 0.1) is 0 Å². The standard InChI is InChI=1S/C10H13NO5S/c12-10(13)8-6-16-9(11-8)5-7-3-1-2-4-17(7,14)15/h6-7H,1-5H2,(H,12,13). The lowest BCUT2D eigenvalue weighted by Gasteiger charge is -2.20. The minimum atomic E-state index is -3.08. The number of hydrogen-bond acceptors (Lipinski definition) is 5. The van der Waals surface area contributed by atoms with Gasteiger partial charge in [0.2, 0.25) is 0 Å². The first kappa shape index (κ1) is 12.1. The number of aromatic carboxylic acids is 1. The highest BCUT2D eigenvalue weighted by atomic mass is 32.2. The molecule has 17 heavy (non-hydrogen) atoms. The lowest BCUT2D eigenvalue weighted by molar-refractivity contribution is 0.0690. The van der Waals surface area contributed by atoms with E-state index in [1.807, 2.05) is 0 Å². The summed E-state index contributed by atoms with van der Waals surface area (Å²) in [7, 11) is -3.08. The lowest BCUT2D eigenvalue weighted by atomic mass is 10.1. The van der Waals surface area contributed by atoms with Crippen molar-refractivity contribution in [1.82, 2.24) is 4.98 Å². The van der Waals surface area contributed by atoms with Crippen LogP contribution in [0.2, 0.25) is 0 Å². The van der Waals surface area contributed by atoms with Crippen LogP contribution in [0.1, 0.15) is 35.6 Å². The van der Waals surface area contributed by atoms with E-state index in [4.69, 9.17) is 9.52 Å². The second-order valence-corrected chi connectivity index (χ2v) is 6.52. The Kier molecular flexibility index (Phi) is 3.19. The predicted molar refractivity (Wildman–Crippen MR) is 58.6 cm³/mol. The van der Waals surface area contributed by atoms with Crippen LogP contribution in [-0.2, 0) is 16.3 Å². The van der Waals surface area contributed by atoms with Crippen molar-refractivity contribution in [2.24, 2.45) is 0 Å². The Hall–Kier alpha value is -1.37. The van der Waals surface area contributed by atoms with Crippen molar-refractivity contribution in [3.05, 3.63) is 17.8 Å². The van der Waals surface area contributed by atoms with Gasteiger partial charge in [0.05, 0.1) is 11.0 Å². The summed E-state index contributed by atoms with van der Waals surface area (Å²) in [6, 6.07) is 0. The highest BCUT2D eigenvalue weighted by Gasteiger charge is 2.30. The Morgan fingerprint density at radius 3 is 2.88 bits per heavy atom. The number of sulfone groups is 1. The summed E-state index contributed by atoms with van der Waals surface area (Å²) in [6.07, 6.45) is 3.36. The zero-order valence-electron chi connectivity index (χ0n) is 9.13. The zero-order valence-corrected chi connectivity index (χ0v) is 9.94. The van der Waals surface area contributed by atoms with Crippen LogP contribution in [0.5, 0.6) is 0 Å². The first-order valence-electron chi connectivity index (χ1n) is 5.38. The Morgan fingerprint density at radius 1 is 1.53 bits per heavy atom. The zero-order chi connectivity index (χ0) is 12.5. The van der Waals surface area contributed by atoms with E-state index in [0.29, 0.717) is 12.8 Å². The fourth-order valence-corrected chi connectivity index (χ4v) is 3.81. The number of nitrogens with zero attached hydrogens (tertiary/aromatic N) is 1. The summed E-state index contributed by atoms with van der Waals surface area (Å²) in [6.45, 7) is 0. The minimum Gasteiger partial charge on any atom is -0.476 e. The van der Waals surface area contributed by atoms with Gasteiger partial charge in [0.25, 0.3) is 0 Å². The van der Waals surface area contributed by atoms with Gasteiger partial charge in [-0.3, -0.25) is 0 Å². The summed E-state index contributed by atoms with van der Waals surface area (Å²) in [5, 5.41) is 8.18. The van der Waals surface area contributed by atoms with Crippen molar-refractivity contribution in [3.8, 4) is 0 Å². The molecule has 0 spiro atoms. The summed E-state index contributed by atoms with van der Waals surface area (Å²) >= 11 is 0. The van der Waals surface area contributed by atoms with Gasteiger partial charge in [0.15, 0.2) is 21.4 Å². The predicted octanol–water partition coefficient (Wildman–Crippen LogP) is 0.883. The quantitative estimate of drug-likeness (QED) is 0.865. The molecule has 0 aliphatic carbocycles. The molecule has 0 saturated carbocycles. The molecule has 1 atom stereocenters. The molecule has 6 nitrogen and oxygen atoms in total. The molecule has 7 heteroatoms. The number of rotatable bonds is 3. The number of hydrogen-bond donors (Lipinski definition) is 1. The van der Waals surface area contributed by atoms with Crippen LogP contribution in [0.3, 0.4) is 0 Å². The number of aromatic nitrogens is 1. The van der Waals surface area contributed by atoms with E-state index in [-0.39, 0.29) is 23.8 Å². The highest BCUT2D eigenvalue weighted by molar-refractivity contribution is 7.92. The summed E-state index contributed by atoms with van der Waals surface area (Å²) in [4.78, 5) is 14.3. The third-order valence-corrected chi connectivity index (χ3v) is 5.16. The third-order valence-electron chi connectivity index (χ3n) is 2.89. The summed E-state index contributed by atoms with van der Waals surface area (Å²) < 4.78 is 28.4. The molecule has 1 aliphatic heterocycles. The minimum absolute atomic E-state index is 0.162. The largest absolute Gasteiger partial charge is 0.476 e. The fraction of sp³-hybridized carbons (Fsp3) is 0.600. The molecule has 0 bridgehead atoms. The van der Waals surface area contributed by atoms with Gasteiger partial charge in [-0.2, -0.15) is 0 Å². The maximum Gasteiger partial charge on any atom is 0.357 e. The van der Waals surface area contributed by atoms with Gasteiger partial charge in [0, 0.05) is 6.42 Å². The van der Waals surface area contributed by atoms with E-state index in [2.05, 4.69) is 4.98 Å². The van der Waals surface area contributed by atoms with Crippen molar-refractivity contribution >= 4 is 15.8 Å². The molecule has 2 rings (SSSR count). The number of carboxylic acid groups (broad SMARTS) is 1. The van der Waals surface area contributed by atoms with Crippen molar-refractivity contribution in [2.75, 3.05) is 5.75 Å². The van der Waals surface area contributed by atoms with Crippen LogP contribution in [-0.4, -0.2) is 35.5 Å². The number of carbonyl (C=O) groups is 1. The van der Waals surface area contributed by atoms with Gasteiger partial charge >= 0.3 is 5.97 Å². The fourth-order valence-electron chi connectivity index (χ4n) is 1.95. The van der Waals surface area contributed by atoms with E-state index >= 15 is 0 Å². The van der Waals surface area contributed by atoms with Gasteiger partial charge < -0.3 is 9.52 Å². The van der Waals surface area contributed by atoms with Gasteiger partial charge in [-0.15, -0.1) is 0 Å². The van der Waals surface area contributed by atoms with E-state index < -0.39 is 21.1 Å². The molecule has 2 heterocycles. The molecule has 1 saturated heterocycles. The number of oxazole rings is 1. The molecule has 1 unspecified atom stereocenters. The Morgan fingerprint density at radius 2 is 2.29 bits per heavy atom. The van der Waals surface area contributed by atoms with Gasteiger partial charge in [-0.25, -0.2) is 18.2 Å². The summed E-state index contributed by atoms with van der Waals surface area (Å²) in [5.41, 5.74) is -0.187. The monoisotopic (exact) mass is 259 g/mol. The van der Waals surface area contributed by atoms with Crippen molar-refractivity contribution in [2.45, 2.75) is 30.9 Å². The second kappa shape index (κ2) is 4.48. The molecular formula is C10H13NO5S. The Bertz CT molecular complexity index is 519. The van der Waals surface area contributed by atoms with Crippen LogP contribution < -0.4 is 0 Å². The van der Waals surface area contributed by atoms with Crippen LogP contribution in [0.4, 0.5) is 0 Å². The molecule has 1 aromatic heterocycles. The lowest BCUT2D eigenvalue weighted by Crippen LogP contribution is -2.30. The number of carboxylic acids is 1. The molecule has 1 N–H and O–H groups in total. The SMILES string of the molecule is O=C(O)c1coc(CC2CCCCS2(=O)=O)n1. The van der Waals surface area contributed by atoms with Crippen molar-refractivity contribution in [3.63, 3.8) is 0 Å². The van der Waals surface area contributed by atoms with Gasteiger partial charge in [-0.1, -0.05) is 6.42 Å². The van der Waals surface area contributed by atoms with E-state index in [0.717, 1.165) is 12.7 Å². The van der Waals surface area contributed by atoms with Gasteiger partial charge in [0.1, 0.15) is 6.26 Å². The van der Waals surface area contributed by atoms with E-state index in [1.54, 1.807) is 0 Å². The Balaban J connectivity index is 2.11. The topological polar surface area (TPSA) is 97.5 Å². The first-order valence-corrected chi connectivity index (χ1v) is 7.10. The molecule has 0 amide bonds.